The number of Topliss-reactive ketones (excluding diaryl/α,β-unsaturated/α-hetero) is 1. The Hall–Kier alpha value is -2.78. The first kappa shape index (κ1) is 22.9. The van der Waals surface area contributed by atoms with Gasteiger partial charge >= 0.3 is 11.9 Å². The third kappa shape index (κ3) is 4.47. The van der Waals surface area contributed by atoms with Crippen molar-refractivity contribution in [3.05, 3.63) is 35.5 Å². The Balaban J connectivity index is 2.08. The maximum absolute atomic E-state index is 12.9. The van der Waals surface area contributed by atoms with Crippen LogP contribution in [0.2, 0.25) is 0 Å². The van der Waals surface area contributed by atoms with Gasteiger partial charge in [0, 0.05) is 18.5 Å². The first-order valence-corrected chi connectivity index (χ1v) is 10.6. The van der Waals surface area contributed by atoms with E-state index in [4.69, 9.17) is 14.2 Å². The van der Waals surface area contributed by atoms with Crippen molar-refractivity contribution in [2.45, 2.75) is 31.8 Å². The van der Waals surface area contributed by atoms with Gasteiger partial charge in [-0.25, -0.2) is 4.98 Å². The molecule has 1 aromatic carbocycles. The van der Waals surface area contributed by atoms with Gasteiger partial charge in [0.05, 0.1) is 42.2 Å². The van der Waals surface area contributed by atoms with E-state index in [-0.39, 0.29) is 13.0 Å². The van der Waals surface area contributed by atoms with Gasteiger partial charge < -0.3 is 19.3 Å². The summed E-state index contributed by atoms with van der Waals surface area (Å²) in [6.07, 6.45) is 1.26. The summed E-state index contributed by atoms with van der Waals surface area (Å²) < 4.78 is 15.2. The third-order valence-corrected chi connectivity index (χ3v) is 6.59. The molecule has 0 saturated heterocycles. The normalized spacial score (nSPS) is 25.7. The number of rotatable bonds is 6. The number of benzene rings is 1. The first-order chi connectivity index (χ1) is 14.7. The molecule has 1 aliphatic carbocycles. The van der Waals surface area contributed by atoms with E-state index in [1.54, 1.807) is 20.2 Å². The molecule has 1 N–H and O–H groups in total. The van der Waals surface area contributed by atoms with Crippen molar-refractivity contribution >= 4 is 29.1 Å². The monoisotopic (exact) mass is 447 g/mol. The summed E-state index contributed by atoms with van der Waals surface area (Å²) in [6, 6.07) is 7.34. The third-order valence-electron chi connectivity index (χ3n) is 5.45. The number of aromatic nitrogens is 1. The van der Waals surface area contributed by atoms with Crippen molar-refractivity contribution in [1.29, 1.82) is 0 Å². The molecule has 0 spiro atoms. The average molecular weight is 448 g/mol. The highest BCUT2D eigenvalue weighted by Gasteiger charge is 2.58. The lowest BCUT2D eigenvalue weighted by atomic mass is 9.64. The number of hydrogen-bond donors (Lipinski definition) is 1. The number of methoxy groups -OCH3 is 2. The van der Waals surface area contributed by atoms with Crippen LogP contribution in [-0.2, 0) is 23.9 Å². The molecular formula is C22H25NO7S. The summed E-state index contributed by atoms with van der Waals surface area (Å²) in [5, 5.41) is 11.3. The lowest BCUT2D eigenvalue weighted by Crippen LogP contribution is -2.55. The molecule has 1 fully saturated rings. The van der Waals surface area contributed by atoms with Gasteiger partial charge in [-0.3, -0.25) is 14.4 Å². The predicted molar refractivity (Wildman–Crippen MR) is 113 cm³/mol. The fraction of sp³-hybridized carbons (Fsp3) is 0.455. The van der Waals surface area contributed by atoms with Gasteiger partial charge in [-0.05, 0) is 43.7 Å². The molecule has 3 rings (SSSR count). The molecule has 31 heavy (non-hydrogen) atoms. The molecule has 2 aromatic rings. The molecule has 0 radical (unpaired) electrons. The molecule has 1 aliphatic rings. The maximum Gasteiger partial charge on any atom is 0.317 e. The van der Waals surface area contributed by atoms with E-state index in [2.05, 4.69) is 4.98 Å². The summed E-state index contributed by atoms with van der Waals surface area (Å²) in [4.78, 5) is 43.4. The van der Waals surface area contributed by atoms with E-state index in [0.717, 1.165) is 10.4 Å². The molecule has 9 heteroatoms. The van der Waals surface area contributed by atoms with Crippen LogP contribution in [0, 0.1) is 11.8 Å². The molecule has 0 aliphatic heterocycles. The number of aliphatic hydroxyl groups is 1. The minimum atomic E-state index is -1.69. The van der Waals surface area contributed by atoms with Crippen LogP contribution in [0.25, 0.3) is 10.4 Å². The quantitative estimate of drug-likeness (QED) is 0.531. The van der Waals surface area contributed by atoms with Crippen LogP contribution in [0.3, 0.4) is 0 Å². The van der Waals surface area contributed by atoms with Crippen LogP contribution in [0.4, 0.5) is 0 Å². The molecule has 0 amide bonds. The lowest BCUT2D eigenvalue weighted by Gasteiger charge is -2.42. The Morgan fingerprint density at radius 3 is 2.48 bits per heavy atom. The maximum atomic E-state index is 12.9. The fourth-order valence-corrected chi connectivity index (χ4v) is 5.10. The van der Waals surface area contributed by atoms with Gasteiger partial charge in [-0.15, -0.1) is 11.3 Å². The number of ether oxygens (including phenoxy) is 3. The summed E-state index contributed by atoms with van der Waals surface area (Å²) in [6.45, 7) is 3.13. The first-order valence-electron chi connectivity index (χ1n) is 9.83. The Morgan fingerprint density at radius 2 is 1.90 bits per heavy atom. The lowest BCUT2D eigenvalue weighted by molar-refractivity contribution is -0.171. The molecule has 1 saturated carbocycles. The van der Waals surface area contributed by atoms with E-state index in [1.807, 2.05) is 24.3 Å². The Morgan fingerprint density at radius 1 is 1.23 bits per heavy atom. The van der Waals surface area contributed by atoms with E-state index in [9.17, 15) is 19.5 Å². The molecule has 4 unspecified atom stereocenters. The topological polar surface area (TPSA) is 112 Å². The highest BCUT2D eigenvalue weighted by Crippen LogP contribution is 2.48. The zero-order chi connectivity index (χ0) is 22.8. The summed E-state index contributed by atoms with van der Waals surface area (Å²) in [5.74, 6) is -4.63. The second-order valence-corrected chi connectivity index (χ2v) is 8.61. The molecule has 8 nitrogen and oxygen atoms in total. The Labute approximate surface area is 184 Å². The minimum absolute atomic E-state index is 0.0869. The van der Waals surface area contributed by atoms with Crippen LogP contribution in [0.5, 0.6) is 5.75 Å². The number of nitrogens with zero attached hydrogens (tertiary/aromatic N) is 1. The van der Waals surface area contributed by atoms with Crippen molar-refractivity contribution in [2.24, 2.45) is 11.8 Å². The number of esters is 2. The van der Waals surface area contributed by atoms with Crippen LogP contribution >= 0.6 is 11.3 Å². The Bertz CT molecular complexity index is 966. The van der Waals surface area contributed by atoms with Crippen LogP contribution in [0.1, 0.15) is 31.2 Å². The smallest absolute Gasteiger partial charge is 0.317 e. The second kappa shape index (κ2) is 9.15. The Kier molecular flexibility index (Phi) is 6.76. The molecule has 0 bridgehead atoms. The van der Waals surface area contributed by atoms with Gasteiger partial charge in [0.15, 0.2) is 5.78 Å². The number of carbonyl (C=O) groups is 3. The van der Waals surface area contributed by atoms with Crippen molar-refractivity contribution in [1.82, 2.24) is 4.98 Å². The molecule has 4 atom stereocenters. The van der Waals surface area contributed by atoms with Crippen LogP contribution in [-0.4, -0.2) is 54.2 Å². The van der Waals surface area contributed by atoms with Gasteiger partial charge in [-0.2, -0.15) is 0 Å². The van der Waals surface area contributed by atoms with Crippen LogP contribution in [0.15, 0.2) is 30.5 Å². The van der Waals surface area contributed by atoms with E-state index >= 15 is 0 Å². The predicted octanol–water partition coefficient (Wildman–Crippen LogP) is 2.59. The summed E-state index contributed by atoms with van der Waals surface area (Å²) in [5.41, 5.74) is -0.829. The number of thiazole rings is 1. The fourth-order valence-electron chi connectivity index (χ4n) is 4.01. The molecule has 166 valence electrons. The second-order valence-electron chi connectivity index (χ2n) is 7.55. The molecule has 1 aromatic heterocycles. The van der Waals surface area contributed by atoms with E-state index in [0.29, 0.717) is 10.8 Å². The number of carbonyl (C=O) groups excluding carboxylic acids is 3. The minimum Gasteiger partial charge on any atom is -0.497 e. The van der Waals surface area contributed by atoms with Gasteiger partial charge in [0.1, 0.15) is 11.7 Å². The standard InChI is InChI=1S/C22H25NO7S/c1-5-30-20(25)16-14(24)10-22(2,27)18(21(26)29-4)17(16)19-23-11-15(31-19)12-6-8-13(28-3)9-7-12/h6-9,11,16-18,27H,5,10H2,1-4H3. The van der Waals surface area contributed by atoms with Crippen molar-refractivity contribution in [3.8, 4) is 16.2 Å². The van der Waals surface area contributed by atoms with E-state index in [1.165, 1.54) is 25.4 Å². The van der Waals surface area contributed by atoms with Gasteiger partial charge in [0.25, 0.3) is 0 Å². The van der Waals surface area contributed by atoms with E-state index < -0.39 is 41.1 Å². The largest absolute Gasteiger partial charge is 0.497 e. The number of hydrogen-bond acceptors (Lipinski definition) is 9. The SMILES string of the molecule is CCOC(=O)C1C(=O)CC(C)(O)C(C(=O)OC)C1c1ncc(-c2ccc(OC)cc2)s1. The highest BCUT2D eigenvalue weighted by molar-refractivity contribution is 7.15. The van der Waals surface area contributed by atoms with Crippen molar-refractivity contribution < 1.29 is 33.7 Å². The van der Waals surface area contributed by atoms with Crippen molar-refractivity contribution in [2.75, 3.05) is 20.8 Å². The molecule has 1 heterocycles. The average Bonchev–Trinajstić information content (AvgIpc) is 3.22. The summed E-state index contributed by atoms with van der Waals surface area (Å²) in [7, 11) is 2.78. The summed E-state index contributed by atoms with van der Waals surface area (Å²) >= 11 is 1.25. The van der Waals surface area contributed by atoms with Crippen LogP contribution < -0.4 is 4.74 Å². The van der Waals surface area contributed by atoms with Gasteiger partial charge in [-0.1, -0.05) is 0 Å². The zero-order valence-corrected chi connectivity index (χ0v) is 18.6. The zero-order valence-electron chi connectivity index (χ0n) is 17.8. The number of ketones is 1. The van der Waals surface area contributed by atoms with Gasteiger partial charge in [0.2, 0.25) is 0 Å². The highest BCUT2D eigenvalue weighted by atomic mass is 32.1. The van der Waals surface area contributed by atoms with Crippen molar-refractivity contribution in [3.63, 3.8) is 0 Å². The molecular weight excluding hydrogens is 422 g/mol.